The molecule has 0 radical (unpaired) electrons. The van der Waals surface area contributed by atoms with E-state index in [2.05, 4.69) is 5.32 Å². The zero-order chi connectivity index (χ0) is 9.45. The normalized spacial score (nSPS) is 12.0. The Kier molecular flexibility index (Phi) is 7.19. The van der Waals surface area contributed by atoms with Crippen LogP contribution in [0.2, 0.25) is 0 Å². The summed E-state index contributed by atoms with van der Waals surface area (Å²) in [6.07, 6.45) is 1.64. The molecule has 0 aliphatic heterocycles. The van der Waals surface area contributed by atoms with Gasteiger partial charge in [-0.25, -0.2) is 0 Å². The van der Waals surface area contributed by atoms with Gasteiger partial charge in [-0.2, -0.15) is 0 Å². The lowest BCUT2D eigenvalue weighted by molar-refractivity contribution is 0.594. The summed E-state index contributed by atoms with van der Waals surface area (Å²) in [5.41, 5.74) is 10.6. The van der Waals surface area contributed by atoms with Crippen molar-refractivity contribution in [3.63, 3.8) is 0 Å². The molecule has 0 bridgehead atoms. The zero-order valence-corrected chi connectivity index (χ0v) is 8.67. The van der Waals surface area contributed by atoms with Crippen LogP contribution in [0, 0.1) is 0 Å². The van der Waals surface area contributed by atoms with Crippen LogP contribution in [-0.2, 0) is 0 Å². The first kappa shape index (κ1) is 12.5. The van der Waals surface area contributed by atoms with Crippen molar-refractivity contribution in [2.75, 3.05) is 26.2 Å². The topological polar surface area (TPSA) is 64.1 Å². The summed E-state index contributed by atoms with van der Waals surface area (Å²) in [6.45, 7) is 2.68. The quantitative estimate of drug-likeness (QED) is 0.426. The third kappa shape index (κ3) is 7.13. The highest BCUT2D eigenvalue weighted by atomic mass is 35.5. The lowest BCUT2D eigenvalue weighted by atomic mass is 10.3. The van der Waals surface area contributed by atoms with Crippen LogP contribution in [0.5, 0.6) is 0 Å². The van der Waals surface area contributed by atoms with Crippen LogP contribution in [-0.4, -0.2) is 30.5 Å². The number of alkyl halides is 2. The molecule has 0 saturated heterocycles. The van der Waals surface area contributed by atoms with E-state index in [1.54, 1.807) is 0 Å². The number of rotatable bonds is 7. The summed E-state index contributed by atoms with van der Waals surface area (Å²) in [5, 5.41) is 3.17. The second kappa shape index (κ2) is 6.92. The summed E-state index contributed by atoms with van der Waals surface area (Å²) in [6, 6.07) is 0. The van der Waals surface area contributed by atoms with Crippen molar-refractivity contribution in [2.45, 2.75) is 17.2 Å². The molecule has 5 heteroatoms. The molecule has 3 nitrogen and oxygen atoms in total. The Morgan fingerprint density at radius 2 is 1.83 bits per heavy atom. The van der Waals surface area contributed by atoms with Gasteiger partial charge in [-0.1, -0.05) is 0 Å². The first-order valence-electron chi connectivity index (χ1n) is 4.11. The fourth-order valence-corrected chi connectivity index (χ4v) is 0.914. The summed E-state index contributed by atoms with van der Waals surface area (Å²) in [4.78, 5) is 0. The average molecular weight is 214 g/mol. The fourth-order valence-electron chi connectivity index (χ4n) is 0.725. The molecule has 0 rings (SSSR count). The van der Waals surface area contributed by atoms with Gasteiger partial charge in [0.15, 0.2) is 0 Å². The van der Waals surface area contributed by atoms with Gasteiger partial charge in [0.05, 0.1) is 0 Å². The zero-order valence-electron chi connectivity index (χ0n) is 7.15. The standard InChI is InChI=1S/C7H17Cl2N3/c8-7(9,6-11)2-5-12-4-1-3-10/h12H,1-6,10-11H2. The Labute approximate surface area is 83.8 Å². The second-order valence-corrected chi connectivity index (χ2v) is 4.34. The molecule has 0 spiro atoms. The maximum atomic E-state index is 5.81. The van der Waals surface area contributed by atoms with Gasteiger partial charge in [0.25, 0.3) is 0 Å². The van der Waals surface area contributed by atoms with Gasteiger partial charge in [-0.3, -0.25) is 0 Å². The molecule has 12 heavy (non-hydrogen) atoms. The number of hydrogen-bond donors (Lipinski definition) is 3. The third-order valence-electron chi connectivity index (χ3n) is 1.52. The smallest absolute Gasteiger partial charge is 0.131 e. The maximum Gasteiger partial charge on any atom is 0.131 e. The van der Waals surface area contributed by atoms with Crippen molar-refractivity contribution < 1.29 is 0 Å². The average Bonchev–Trinajstić information content (AvgIpc) is 2.04. The highest BCUT2D eigenvalue weighted by Crippen LogP contribution is 2.22. The van der Waals surface area contributed by atoms with E-state index in [-0.39, 0.29) is 6.54 Å². The molecule has 0 fully saturated rings. The SMILES string of the molecule is NCCCNCCC(Cl)(Cl)CN. The van der Waals surface area contributed by atoms with Gasteiger partial charge in [0, 0.05) is 6.54 Å². The number of hydrogen-bond acceptors (Lipinski definition) is 3. The van der Waals surface area contributed by atoms with Crippen molar-refractivity contribution in [3.8, 4) is 0 Å². The van der Waals surface area contributed by atoms with E-state index >= 15 is 0 Å². The van der Waals surface area contributed by atoms with E-state index < -0.39 is 4.33 Å². The van der Waals surface area contributed by atoms with Gasteiger partial charge < -0.3 is 16.8 Å². The van der Waals surface area contributed by atoms with E-state index in [1.807, 2.05) is 0 Å². The lowest BCUT2D eigenvalue weighted by Gasteiger charge is -2.16. The van der Waals surface area contributed by atoms with E-state index in [1.165, 1.54) is 0 Å². The Morgan fingerprint density at radius 1 is 1.17 bits per heavy atom. The van der Waals surface area contributed by atoms with Crippen LogP contribution in [0.15, 0.2) is 0 Å². The molecule has 5 N–H and O–H groups in total. The van der Waals surface area contributed by atoms with Crippen molar-refractivity contribution >= 4 is 23.2 Å². The van der Waals surface area contributed by atoms with Crippen LogP contribution in [0.3, 0.4) is 0 Å². The Bertz CT molecular complexity index is 109. The first-order chi connectivity index (χ1) is 5.62. The predicted molar refractivity (Wildman–Crippen MR) is 54.6 cm³/mol. The molecule has 0 saturated carbocycles. The van der Waals surface area contributed by atoms with Crippen LogP contribution in [0.4, 0.5) is 0 Å². The number of halogens is 2. The Hall–Kier alpha value is 0.460. The van der Waals surface area contributed by atoms with Crippen LogP contribution in [0.25, 0.3) is 0 Å². The summed E-state index contributed by atoms with van der Waals surface area (Å²) in [5.74, 6) is 0. The van der Waals surface area contributed by atoms with E-state index in [4.69, 9.17) is 34.7 Å². The van der Waals surface area contributed by atoms with Crippen molar-refractivity contribution in [3.05, 3.63) is 0 Å². The molecule has 0 aromatic carbocycles. The molecular weight excluding hydrogens is 197 g/mol. The van der Waals surface area contributed by atoms with E-state index in [0.29, 0.717) is 13.0 Å². The van der Waals surface area contributed by atoms with Gasteiger partial charge in [0.2, 0.25) is 0 Å². The number of nitrogens with one attached hydrogen (secondary N) is 1. The van der Waals surface area contributed by atoms with Crippen molar-refractivity contribution in [1.29, 1.82) is 0 Å². The molecule has 0 aliphatic rings. The molecule has 0 heterocycles. The molecule has 0 aromatic heterocycles. The Morgan fingerprint density at radius 3 is 2.33 bits per heavy atom. The predicted octanol–water partition coefficient (Wildman–Crippen LogP) is 0.447. The molecule has 0 atom stereocenters. The highest BCUT2D eigenvalue weighted by molar-refractivity contribution is 6.48. The largest absolute Gasteiger partial charge is 0.330 e. The van der Waals surface area contributed by atoms with E-state index in [9.17, 15) is 0 Å². The van der Waals surface area contributed by atoms with Crippen molar-refractivity contribution in [1.82, 2.24) is 5.32 Å². The maximum absolute atomic E-state index is 5.81. The molecule has 0 aliphatic carbocycles. The van der Waals surface area contributed by atoms with Crippen molar-refractivity contribution in [2.24, 2.45) is 11.5 Å². The minimum atomic E-state index is -0.782. The van der Waals surface area contributed by atoms with E-state index in [0.717, 1.165) is 19.5 Å². The minimum absolute atomic E-state index is 0.286. The minimum Gasteiger partial charge on any atom is -0.330 e. The molecule has 0 unspecified atom stereocenters. The second-order valence-electron chi connectivity index (χ2n) is 2.70. The molecule has 0 amide bonds. The van der Waals surface area contributed by atoms with Crippen LogP contribution < -0.4 is 16.8 Å². The monoisotopic (exact) mass is 213 g/mol. The van der Waals surface area contributed by atoms with Crippen LogP contribution in [0.1, 0.15) is 12.8 Å². The summed E-state index contributed by atoms with van der Waals surface area (Å²) in [7, 11) is 0. The van der Waals surface area contributed by atoms with Gasteiger partial charge in [-0.15, -0.1) is 23.2 Å². The fraction of sp³-hybridized carbons (Fsp3) is 1.00. The van der Waals surface area contributed by atoms with Gasteiger partial charge in [-0.05, 0) is 32.5 Å². The highest BCUT2D eigenvalue weighted by Gasteiger charge is 2.20. The third-order valence-corrected chi connectivity index (χ3v) is 2.21. The van der Waals surface area contributed by atoms with Gasteiger partial charge >= 0.3 is 0 Å². The molecular formula is C7H17Cl2N3. The summed E-state index contributed by atoms with van der Waals surface area (Å²) >= 11 is 11.6. The summed E-state index contributed by atoms with van der Waals surface area (Å²) < 4.78 is -0.782. The first-order valence-corrected chi connectivity index (χ1v) is 4.86. The number of nitrogens with two attached hydrogens (primary N) is 2. The lowest BCUT2D eigenvalue weighted by Crippen LogP contribution is -2.30. The molecule has 0 aromatic rings. The Balaban J connectivity index is 3.19. The van der Waals surface area contributed by atoms with Gasteiger partial charge in [0.1, 0.15) is 4.33 Å². The molecule has 74 valence electrons. The van der Waals surface area contributed by atoms with Crippen LogP contribution >= 0.6 is 23.2 Å².